The van der Waals surface area contributed by atoms with Gasteiger partial charge in [-0.15, -0.1) is 11.8 Å². The molecule has 0 aromatic heterocycles. The van der Waals surface area contributed by atoms with E-state index in [9.17, 15) is 9.59 Å². The molecule has 0 radical (unpaired) electrons. The molecule has 0 fully saturated rings. The average molecular weight is 383 g/mol. The summed E-state index contributed by atoms with van der Waals surface area (Å²) < 4.78 is 0. The summed E-state index contributed by atoms with van der Waals surface area (Å²) in [6, 6.07) is 11.6. The number of hydrogen-bond donors (Lipinski definition) is 1. The van der Waals surface area contributed by atoms with E-state index >= 15 is 0 Å². The van der Waals surface area contributed by atoms with Crippen LogP contribution in [0.4, 0.5) is 0 Å². The first-order chi connectivity index (χ1) is 13.1. The van der Waals surface area contributed by atoms with Crippen LogP contribution in [-0.2, 0) is 24.1 Å². The second-order valence-electron chi connectivity index (χ2n) is 7.14. The minimum atomic E-state index is -0.869. The number of carbonyl (C=O) groups excluding carboxylic acids is 1. The van der Waals surface area contributed by atoms with Gasteiger partial charge in [-0.2, -0.15) is 0 Å². The predicted molar refractivity (Wildman–Crippen MR) is 110 cm³/mol. The van der Waals surface area contributed by atoms with Crippen LogP contribution >= 0.6 is 11.8 Å². The van der Waals surface area contributed by atoms with E-state index in [0.717, 1.165) is 29.1 Å². The largest absolute Gasteiger partial charge is 0.481 e. The van der Waals surface area contributed by atoms with Gasteiger partial charge in [0.2, 0.25) is 0 Å². The quantitative estimate of drug-likeness (QED) is 0.471. The van der Waals surface area contributed by atoms with Crippen LogP contribution in [0.25, 0.3) is 0 Å². The number of unbranched alkanes of at least 4 members (excludes halogenated alkanes) is 3. The fourth-order valence-electron chi connectivity index (χ4n) is 3.55. The summed E-state index contributed by atoms with van der Waals surface area (Å²) in [5.41, 5.74) is 4.41. The Hall–Kier alpha value is -2.07. The van der Waals surface area contributed by atoms with Gasteiger partial charge >= 0.3 is 5.97 Å². The molecule has 0 saturated heterocycles. The summed E-state index contributed by atoms with van der Waals surface area (Å²) in [7, 11) is 0. The normalized spacial score (nSPS) is 12.8. The molecule has 142 valence electrons. The molecule has 2 aromatic rings. The zero-order chi connectivity index (χ0) is 19.2. The van der Waals surface area contributed by atoms with Crippen LogP contribution in [-0.4, -0.2) is 22.6 Å². The summed E-state index contributed by atoms with van der Waals surface area (Å²) in [5, 5.41) is 9.11. The van der Waals surface area contributed by atoms with E-state index in [2.05, 4.69) is 6.92 Å². The minimum absolute atomic E-state index is 0.00887. The molecule has 4 heteroatoms. The Morgan fingerprint density at radius 3 is 2.52 bits per heavy atom. The Morgan fingerprint density at radius 1 is 1.04 bits per heavy atom. The standard InChI is InChI=1S/C23H26O3S/c1-2-3-4-5-6-16-7-9-18(10-8-16)22(26)20-14-17(15-21(24)25)13-19-11-12-27-23(19)20/h7-10,13-14H,2-6,11-12,15H2,1H3,(H,24,25). The Kier molecular flexibility index (Phi) is 6.73. The smallest absolute Gasteiger partial charge is 0.307 e. The van der Waals surface area contributed by atoms with Crippen LogP contribution in [0.2, 0.25) is 0 Å². The lowest BCUT2D eigenvalue weighted by molar-refractivity contribution is -0.136. The van der Waals surface area contributed by atoms with Gasteiger partial charge in [0.15, 0.2) is 5.78 Å². The van der Waals surface area contributed by atoms with Gasteiger partial charge < -0.3 is 5.11 Å². The molecule has 1 N–H and O–H groups in total. The van der Waals surface area contributed by atoms with Crippen LogP contribution in [0.1, 0.15) is 65.2 Å². The van der Waals surface area contributed by atoms with E-state index in [1.165, 1.54) is 31.2 Å². The van der Waals surface area contributed by atoms with Crippen molar-refractivity contribution in [2.24, 2.45) is 0 Å². The first kappa shape index (κ1) is 19.7. The molecule has 1 heterocycles. The Balaban J connectivity index is 1.79. The third kappa shape index (κ3) is 5.01. The molecule has 3 rings (SSSR count). The van der Waals surface area contributed by atoms with Gasteiger partial charge in [0.1, 0.15) is 0 Å². The van der Waals surface area contributed by atoms with Gasteiger partial charge in [0.05, 0.1) is 6.42 Å². The topological polar surface area (TPSA) is 54.4 Å². The minimum Gasteiger partial charge on any atom is -0.481 e. The first-order valence-corrected chi connectivity index (χ1v) is 10.7. The summed E-state index contributed by atoms with van der Waals surface area (Å²) in [6.07, 6.45) is 6.83. The number of ketones is 1. The van der Waals surface area contributed by atoms with Crippen LogP contribution in [0.15, 0.2) is 41.3 Å². The average Bonchev–Trinajstić information content (AvgIpc) is 3.12. The van der Waals surface area contributed by atoms with Crippen molar-refractivity contribution in [3.8, 4) is 0 Å². The maximum absolute atomic E-state index is 13.1. The zero-order valence-electron chi connectivity index (χ0n) is 15.8. The van der Waals surface area contributed by atoms with Crippen molar-refractivity contribution >= 4 is 23.5 Å². The van der Waals surface area contributed by atoms with E-state index in [-0.39, 0.29) is 12.2 Å². The summed E-state index contributed by atoms with van der Waals surface area (Å²) >= 11 is 1.70. The highest BCUT2D eigenvalue weighted by Gasteiger charge is 2.22. The number of hydrogen-bond acceptors (Lipinski definition) is 3. The maximum atomic E-state index is 13.1. The number of aliphatic carboxylic acids is 1. The Labute approximate surface area is 165 Å². The number of fused-ring (bicyclic) bond motifs is 1. The molecule has 3 nitrogen and oxygen atoms in total. The SMILES string of the molecule is CCCCCCc1ccc(C(=O)c2cc(CC(=O)O)cc3c2SCC3)cc1. The Morgan fingerprint density at radius 2 is 1.81 bits per heavy atom. The zero-order valence-corrected chi connectivity index (χ0v) is 16.6. The van der Waals surface area contributed by atoms with Crippen molar-refractivity contribution in [1.29, 1.82) is 0 Å². The van der Waals surface area contributed by atoms with Crippen molar-refractivity contribution in [3.63, 3.8) is 0 Å². The van der Waals surface area contributed by atoms with E-state index in [1.807, 2.05) is 30.3 Å². The molecule has 1 aliphatic rings. The molecule has 0 unspecified atom stereocenters. The van der Waals surface area contributed by atoms with Gasteiger partial charge in [0.25, 0.3) is 0 Å². The molecule has 0 bridgehead atoms. The maximum Gasteiger partial charge on any atom is 0.307 e. The lowest BCUT2D eigenvalue weighted by Gasteiger charge is -2.11. The fourth-order valence-corrected chi connectivity index (χ4v) is 4.73. The molecular formula is C23H26O3S. The monoisotopic (exact) mass is 382 g/mol. The van der Waals surface area contributed by atoms with Crippen molar-refractivity contribution in [2.45, 2.75) is 56.8 Å². The number of aryl methyl sites for hydroxylation is 2. The van der Waals surface area contributed by atoms with Gasteiger partial charge in [-0.1, -0.05) is 56.5 Å². The third-order valence-electron chi connectivity index (χ3n) is 4.98. The highest BCUT2D eigenvalue weighted by molar-refractivity contribution is 7.99. The molecule has 0 atom stereocenters. The predicted octanol–water partition coefficient (Wildman–Crippen LogP) is 5.32. The van der Waals surface area contributed by atoms with E-state index < -0.39 is 5.97 Å². The molecule has 2 aromatic carbocycles. The second kappa shape index (κ2) is 9.23. The highest BCUT2D eigenvalue weighted by atomic mass is 32.2. The van der Waals surface area contributed by atoms with Crippen molar-refractivity contribution in [2.75, 3.05) is 5.75 Å². The molecule has 1 aliphatic heterocycles. The van der Waals surface area contributed by atoms with Crippen LogP contribution in [0.3, 0.4) is 0 Å². The number of carboxylic acid groups (broad SMARTS) is 1. The van der Waals surface area contributed by atoms with E-state index in [1.54, 1.807) is 17.8 Å². The third-order valence-corrected chi connectivity index (χ3v) is 6.16. The molecular weight excluding hydrogens is 356 g/mol. The molecule has 0 amide bonds. The lowest BCUT2D eigenvalue weighted by Crippen LogP contribution is -2.07. The molecule has 0 spiro atoms. The molecule has 27 heavy (non-hydrogen) atoms. The van der Waals surface area contributed by atoms with Crippen LogP contribution in [0.5, 0.6) is 0 Å². The highest BCUT2D eigenvalue weighted by Crippen LogP contribution is 2.36. The lowest BCUT2D eigenvalue weighted by atomic mass is 9.95. The van der Waals surface area contributed by atoms with E-state index in [0.29, 0.717) is 16.7 Å². The van der Waals surface area contributed by atoms with Crippen molar-refractivity contribution < 1.29 is 14.7 Å². The Bertz CT molecular complexity index is 824. The number of benzene rings is 2. The van der Waals surface area contributed by atoms with E-state index in [4.69, 9.17) is 5.11 Å². The van der Waals surface area contributed by atoms with Crippen LogP contribution < -0.4 is 0 Å². The first-order valence-electron chi connectivity index (χ1n) is 9.72. The number of carboxylic acids is 1. The molecule has 0 aliphatic carbocycles. The summed E-state index contributed by atoms with van der Waals surface area (Å²) in [4.78, 5) is 25.2. The summed E-state index contributed by atoms with van der Waals surface area (Å²) in [6.45, 7) is 2.21. The fraction of sp³-hybridized carbons (Fsp3) is 0.391. The van der Waals surface area contributed by atoms with Crippen molar-refractivity contribution in [1.82, 2.24) is 0 Å². The number of carbonyl (C=O) groups is 2. The van der Waals surface area contributed by atoms with Gasteiger partial charge in [0, 0.05) is 21.8 Å². The van der Waals surface area contributed by atoms with Gasteiger partial charge in [-0.25, -0.2) is 0 Å². The molecule has 0 saturated carbocycles. The van der Waals surface area contributed by atoms with Gasteiger partial charge in [-0.3, -0.25) is 9.59 Å². The second-order valence-corrected chi connectivity index (χ2v) is 8.24. The number of thioether (sulfide) groups is 1. The van der Waals surface area contributed by atoms with Crippen LogP contribution in [0, 0.1) is 0 Å². The summed E-state index contributed by atoms with van der Waals surface area (Å²) in [5.74, 6) is 0.0693. The number of rotatable bonds is 9. The van der Waals surface area contributed by atoms with Gasteiger partial charge in [-0.05, 0) is 42.0 Å². The van der Waals surface area contributed by atoms with Crippen molar-refractivity contribution in [3.05, 3.63) is 64.2 Å².